The second-order valence-electron chi connectivity index (χ2n) is 10.3. The van der Waals surface area contributed by atoms with Gasteiger partial charge in [-0.25, -0.2) is 23.4 Å². The van der Waals surface area contributed by atoms with Crippen LogP contribution in [0, 0.1) is 0 Å². The molecule has 42 heavy (non-hydrogen) atoms. The number of pyridine rings is 1. The molecule has 0 saturated carbocycles. The topological polar surface area (TPSA) is 121 Å². The molecule has 5 rings (SSSR count). The Bertz CT molecular complexity index is 1550. The summed E-state index contributed by atoms with van der Waals surface area (Å²) in [4.78, 5) is 17.8. The van der Waals surface area contributed by atoms with Gasteiger partial charge in [-0.1, -0.05) is 6.92 Å². The van der Waals surface area contributed by atoms with Gasteiger partial charge in [-0.2, -0.15) is 13.2 Å². The zero-order valence-corrected chi connectivity index (χ0v) is 25.1. The van der Waals surface area contributed by atoms with Crippen molar-refractivity contribution in [2.24, 2.45) is 0 Å². The van der Waals surface area contributed by atoms with E-state index in [1.165, 1.54) is 6.07 Å². The van der Waals surface area contributed by atoms with Crippen LogP contribution in [-0.4, -0.2) is 84.6 Å². The Hall–Kier alpha value is -2.85. The highest BCUT2D eigenvalue weighted by Gasteiger charge is 2.38. The summed E-state index contributed by atoms with van der Waals surface area (Å²) in [5.41, 5.74) is -0.208. The second-order valence-corrected chi connectivity index (χ2v) is 13.5. The van der Waals surface area contributed by atoms with Crippen molar-refractivity contribution in [3.8, 4) is 10.6 Å². The summed E-state index contributed by atoms with van der Waals surface area (Å²) in [5, 5.41) is 12.3. The van der Waals surface area contributed by atoms with Crippen molar-refractivity contribution in [3.63, 3.8) is 0 Å². The maximum absolute atomic E-state index is 14.0. The molecule has 0 bridgehead atoms. The zero-order valence-electron chi connectivity index (χ0n) is 23.5. The fourth-order valence-corrected chi connectivity index (χ4v) is 8.17. The van der Waals surface area contributed by atoms with Crippen molar-refractivity contribution in [2.75, 3.05) is 55.4 Å². The molecule has 2 aliphatic heterocycles. The number of sulfone groups is 1. The van der Waals surface area contributed by atoms with Crippen LogP contribution >= 0.6 is 11.3 Å². The maximum atomic E-state index is 14.0. The number of ether oxygens (including phenoxy) is 1. The van der Waals surface area contributed by atoms with Gasteiger partial charge in [0.15, 0.2) is 9.84 Å². The largest absolute Gasteiger partial charge is 0.420 e. The summed E-state index contributed by atoms with van der Waals surface area (Å²) in [6.07, 6.45) is -4.07. The molecule has 0 unspecified atom stereocenters. The Morgan fingerprint density at radius 2 is 2.00 bits per heavy atom. The van der Waals surface area contributed by atoms with E-state index in [1.807, 2.05) is 19.1 Å². The number of nitrogens with one attached hydrogen (secondary N) is 1. The molecule has 0 amide bonds. The van der Waals surface area contributed by atoms with Gasteiger partial charge in [-0.05, 0) is 38.5 Å². The lowest BCUT2D eigenvalue weighted by Gasteiger charge is -2.40. The van der Waals surface area contributed by atoms with Crippen LogP contribution in [0.3, 0.4) is 0 Å². The molecule has 2 N–H and O–H groups in total. The first-order valence-corrected chi connectivity index (χ1v) is 16.2. The lowest BCUT2D eigenvalue weighted by molar-refractivity contribution is -0.137. The third kappa shape index (κ3) is 6.25. The number of hydrogen-bond acceptors (Lipinski definition) is 11. The summed E-state index contributed by atoms with van der Waals surface area (Å²) in [6, 6.07) is 5.16. The number of nitrogens with zero attached hydrogens (tertiary/aromatic N) is 5. The predicted molar refractivity (Wildman–Crippen MR) is 154 cm³/mol. The van der Waals surface area contributed by atoms with E-state index in [-0.39, 0.29) is 40.7 Å². The first-order valence-electron chi connectivity index (χ1n) is 13.7. The van der Waals surface area contributed by atoms with E-state index in [4.69, 9.17) is 9.72 Å². The van der Waals surface area contributed by atoms with Gasteiger partial charge in [0.1, 0.15) is 11.4 Å². The molecular formula is C27H33F3N6O4S2. The SMILES string of the molecule is CCc1nc(N2CCN(CCO)[C@H](C)C2)ccc1Nc1ncc(C(F)(F)F)c(-c2cc3c(s2)[C@H](C)OCCS3(=O)=O)n1. The highest BCUT2D eigenvalue weighted by atomic mass is 32.2. The minimum atomic E-state index is -4.76. The first kappa shape index (κ1) is 30.6. The molecule has 0 spiro atoms. The molecule has 1 fully saturated rings. The number of hydrogen-bond donors (Lipinski definition) is 2. The van der Waals surface area contributed by atoms with Crippen LogP contribution in [0.1, 0.15) is 43.0 Å². The average molecular weight is 627 g/mol. The van der Waals surface area contributed by atoms with Crippen LogP contribution in [-0.2, 0) is 27.2 Å². The van der Waals surface area contributed by atoms with Crippen molar-refractivity contribution >= 4 is 38.6 Å². The van der Waals surface area contributed by atoms with Crippen LogP contribution in [0.25, 0.3) is 10.6 Å². The number of β-amino-alcohol motifs (C(OH)–C–C–N with tert-alkyl or cyclic N) is 1. The predicted octanol–water partition coefficient (Wildman–Crippen LogP) is 4.29. The quantitative estimate of drug-likeness (QED) is 0.393. The van der Waals surface area contributed by atoms with Crippen molar-refractivity contribution < 1.29 is 31.4 Å². The molecule has 0 aromatic carbocycles. The fraction of sp³-hybridized carbons (Fsp3) is 0.519. The molecule has 10 nitrogen and oxygen atoms in total. The minimum absolute atomic E-state index is 0.0150. The number of aryl methyl sites for hydroxylation is 1. The monoisotopic (exact) mass is 626 g/mol. The van der Waals surface area contributed by atoms with E-state index >= 15 is 0 Å². The number of thiophene rings is 1. The van der Waals surface area contributed by atoms with Crippen molar-refractivity contribution in [3.05, 3.63) is 40.5 Å². The number of halogens is 3. The fourth-order valence-electron chi connectivity index (χ4n) is 5.22. The lowest BCUT2D eigenvalue weighted by atomic mass is 10.1. The first-order chi connectivity index (χ1) is 19.9. The number of aliphatic hydroxyl groups excluding tert-OH is 1. The van der Waals surface area contributed by atoms with Gasteiger partial charge in [0.05, 0.1) is 56.8 Å². The van der Waals surface area contributed by atoms with E-state index < -0.39 is 33.4 Å². The maximum Gasteiger partial charge on any atom is 0.420 e. The van der Waals surface area contributed by atoms with Gasteiger partial charge >= 0.3 is 6.18 Å². The average Bonchev–Trinajstić information content (AvgIpc) is 3.37. The Balaban J connectivity index is 1.46. The van der Waals surface area contributed by atoms with E-state index in [9.17, 15) is 26.7 Å². The molecule has 3 aromatic rings. The summed E-state index contributed by atoms with van der Waals surface area (Å²) in [5.74, 6) is 0.479. The van der Waals surface area contributed by atoms with E-state index in [2.05, 4.69) is 32.0 Å². The second kappa shape index (κ2) is 12.0. The number of rotatable bonds is 7. The van der Waals surface area contributed by atoms with Gasteiger partial charge in [-0.3, -0.25) is 4.90 Å². The van der Waals surface area contributed by atoms with E-state index in [1.54, 1.807) is 6.92 Å². The molecule has 228 valence electrons. The third-order valence-electron chi connectivity index (χ3n) is 7.49. The standard InChI is InChI=1S/C27H33F3N6O4S2/c1-4-19-20(5-6-23(32-19)36-8-7-35(9-10-37)16(2)15-36)33-26-31-14-18(27(28,29)30)24(34-26)21-13-22-25(41-21)17(3)40-11-12-42(22,38)39/h5-6,13-14,16-17,37H,4,7-12,15H2,1-3H3,(H,31,33,34)/t16-,17+/m1/s1. The van der Waals surface area contributed by atoms with Gasteiger partial charge in [0.25, 0.3) is 0 Å². The smallest absolute Gasteiger partial charge is 0.395 e. The molecule has 0 radical (unpaired) electrons. The molecule has 0 aliphatic carbocycles. The molecule has 3 aromatic heterocycles. The van der Waals surface area contributed by atoms with Gasteiger partial charge in [-0.15, -0.1) is 11.3 Å². The Labute approximate surface area is 246 Å². The van der Waals surface area contributed by atoms with Crippen molar-refractivity contribution in [1.82, 2.24) is 19.9 Å². The summed E-state index contributed by atoms with van der Waals surface area (Å²) in [6.45, 7) is 8.76. The molecule has 5 heterocycles. The summed E-state index contributed by atoms with van der Waals surface area (Å²) >= 11 is 0.929. The number of piperazine rings is 1. The summed E-state index contributed by atoms with van der Waals surface area (Å²) in [7, 11) is -3.72. The Morgan fingerprint density at radius 1 is 1.21 bits per heavy atom. The van der Waals surface area contributed by atoms with Crippen LogP contribution in [0.15, 0.2) is 29.3 Å². The Kier molecular flexibility index (Phi) is 8.77. The highest BCUT2D eigenvalue weighted by molar-refractivity contribution is 7.91. The third-order valence-corrected chi connectivity index (χ3v) is 10.6. The van der Waals surface area contributed by atoms with Gasteiger partial charge in [0, 0.05) is 38.4 Å². The normalized spacial score (nSPS) is 21.2. The van der Waals surface area contributed by atoms with Crippen LogP contribution < -0.4 is 10.2 Å². The Morgan fingerprint density at radius 3 is 2.69 bits per heavy atom. The zero-order chi connectivity index (χ0) is 30.2. The number of aliphatic hydroxyl groups is 1. The number of aromatic nitrogens is 3. The molecule has 1 saturated heterocycles. The van der Waals surface area contributed by atoms with Crippen LogP contribution in [0.5, 0.6) is 0 Å². The minimum Gasteiger partial charge on any atom is -0.395 e. The van der Waals surface area contributed by atoms with Crippen molar-refractivity contribution in [2.45, 2.75) is 50.4 Å². The number of alkyl halides is 3. The molecule has 15 heteroatoms. The van der Waals surface area contributed by atoms with Crippen LogP contribution in [0.2, 0.25) is 0 Å². The lowest BCUT2D eigenvalue weighted by Crippen LogP contribution is -2.52. The van der Waals surface area contributed by atoms with E-state index in [0.717, 1.165) is 36.8 Å². The number of anilines is 3. The van der Waals surface area contributed by atoms with Gasteiger partial charge in [0.2, 0.25) is 5.95 Å². The molecule has 2 aliphatic rings. The van der Waals surface area contributed by atoms with Gasteiger partial charge < -0.3 is 20.1 Å². The summed E-state index contributed by atoms with van der Waals surface area (Å²) < 4.78 is 73.2. The van der Waals surface area contributed by atoms with Crippen molar-refractivity contribution in [1.29, 1.82) is 0 Å². The highest BCUT2D eigenvalue weighted by Crippen LogP contribution is 2.44. The molecule has 2 atom stereocenters. The van der Waals surface area contributed by atoms with Crippen LogP contribution in [0.4, 0.5) is 30.6 Å². The number of fused-ring (bicyclic) bond motifs is 1. The van der Waals surface area contributed by atoms with E-state index in [0.29, 0.717) is 35.4 Å². The molecular weight excluding hydrogens is 593 g/mol.